The van der Waals surface area contributed by atoms with E-state index in [0.717, 1.165) is 5.39 Å². The van der Waals surface area contributed by atoms with Gasteiger partial charge >= 0.3 is 5.63 Å². The largest absolute Gasteiger partial charge is 0.446 e. The van der Waals surface area contributed by atoms with Crippen LogP contribution in [0.1, 0.15) is 6.92 Å². The molecule has 1 aliphatic heterocycles. The first-order valence-corrected chi connectivity index (χ1v) is 5.16. The summed E-state index contributed by atoms with van der Waals surface area (Å²) in [6.07, 6.45) is 0. The lowest BCUT2D eigenvalue weighted by molar-refractivity contribution is -0.0987. The van der Waals surface area contributed by atoms with Crippen LogP contribution < -0.4 is 15.1 Å². The number of hydrogen-bond acceptors (Lipinski definition) is 5. The van der Waals surface area contributed by atoms with Crippen LogP contribution in [0.5, 0.6) is 11.5 Å². The first-order valence-electron chi connectivity index (χ1n) is 5.16. The zero-order chi connectivity index (χ0) is 12.0. The maximum Gasteiger partial charge on any atom is 0.336 e. The second-order valence-corrected chi connectivity index (χ2v) is 4.09. The molecule has 2 aromatic rings. The van der Waals surface area contributed by atoms with E-state index in [0.29, 0.717) is 17.1 Å². The molecular formula is C12H10O5. The lowest BCUT2D eigenvalue weighted by atomic mass is 10.2. The zero-order valence-electron chi connectivity index (χ0n) is 9.10. The van der Waals surface area contributed by atoms with Crippen molar-refractivity contribution in [1.82, 2.24) is 0 Å². The van der Waals surface area contributed by atoms with E-state index in [2.05, 4.69) is 0 Å². The highest BCUT2D eigenvalue weighted by atomic mass is 16.7. The molecule has 1 aliphatic rings. The Morgan fingerprint density at radius 2 is 1.94 bits per heavy atom. The van der Waals surface area contributed by atoms with Gasteiger partial charge in [-0.15, -0.1) is 0 Å². The summed E-state index contributed by atoms with van der Waals surface area (Å²) in [6, 6.07) is 6.30. The monoisotopic (exact) mass is 234 g/mol. The summed E-state index contributed by atoms with van der Waals surface area (Å²) in [7, 11) is 0. The van der Waals surface area contributed by atoms with Crippen molar-refractivity contribution in [3.8, 4) is 11.5 Å². The van der Waals surface area contributed by atoms with Gasteiger partial charge < -0.3 is 19.0 Å². The van der Waals surface area contributed by atoms with Gasteiger partial charge in [-0.25, -0.2) is 4.79 Å². The Hall–Kier alpha value is -2.01. The average Bonchev–Trinajstić information content (AvgIpc) is 2.62. The summed E-state index contributed by atoms with van der Waals surface area (Å²) >= 11 is 0. The second kappa shape index (κ2) is 3.24. The SMILES string of the molecule is CC1(CO)Oc2cc3ccc(=O)oc3cc2O1. The van der Waals surface area contributed by atoms with Crippen LogP contribution >= 0.6 is 0 Å². The minimum absolute atomic E-state index is 0.262. The Balaban J connectivity index is 2.18. The molecule has 0 saturated carbocycles. The van der Waals surface area contributed by atoms with Crippen LogP contribution in [0.25, 0.3) is 11.0 Å². The van der Waals surface area contributed by atoms with Gasteiger partial charge in [0.2, 0.25) is 0 Å². The van der Waals surface area contributed by atoms with Gasteiger partial charge in [-0.05, 0) is 12.1 Å². The number of hydrogen-bond donors (Lipinski definition) is 1. The second-order valence-electron chi connectivity index (χ2n) is 4.09. The van der Waals surface area contributed by atoms with E-state index in [-0.39, 0.29) is 6.61 Å². The fourth-order valence-electron chi connectivity index (χ4n) is 1.79. The minimum atomic E-state index is -1.07. The highest BCUT2D eigenvalue weighted by molar-refractivity contribution is 5.81. The summed E-state index contributed by atoms with van der Waals surface area (Å²) in [5.41, 5.74) is 0.0170. The summed E-state index contributed by atoms with van der Waals surface area (Å²) < 4.78 is 16.0. The molecule has 0 radical (unpaired) electrons. The minimum Gasteiger partial charge on any atom is -0.446 e. The van der Waals surface area contributed by atoms with E-state index in [1.54, 1.807) is 25.1 Å². The van der Waals surface area contributed by atoms with E-state index in [9.17, 15) is 4.79 Å². The molecule has 2 heterocycles. The Bertz CT molecular complexity index is 645. The zero-order valence-corrected chi connectivity index (χ0v) is 9.10. The van der Waals surface area contributed by atoms with Crippen LogP contribution in [0.15, 0.2) is 33.5 Å². The topological polar surface area (TPSA) is 68.9 Å². The molecule has 17 heavy (non-hydrogen) atoms. The molecular weight excluding hydrogens is 224 g/mol. The molecule has 5 nitrogen and oxygen atoms in total. The van der Waals surface area contributed by atoms with Crippen LogP contribution in [0, 0.1) is 0 Å². The highest BCUT2D eigenvalue weighted by Gasteiger charge is 2.36. The first-order chi connectivity index (χ1) is 8.09. The smallest absolute Gasteiger partial charge is 0.336 e. The molecule has 0 bridgehead atoms. The summed E-state index contributed by atoms with van der Waals surface area (Å²) in [6.45, 7) is 1.37. The fraction of sp³-hybridized carbons (Fsp3) is 0.250. The number of aliphatic hydroxyl groups excluding tert-OH is 1. The van der Waals surface area contributed by atoms with Gasteiger partial charge in [0, 0.05) is 24.4 Å². The molecule has 1 aromatic carbocycles. The lowest BCUT2D eigenvalue weighted by Crippen LogP contribution is -2.38. The molecule has 1 N–H and O–H groups in total. The van der Waals surface area contributed by atoms with E-state index in [4.69, 9.17) is 19.0 Å². The molecule has 1 aromatic heterocycles. The molecule has 0 spiro atoms. The van der Waals surface area contributed by atoms with Crippen molar-refractivity contribution in [2.24, 2.45) is 0 Å². The van der Waals surface area contributed by atoms with Crippen molar-refractivity contribution < 1.29 is 19.0 Å². The molecule has 0 aliphatic carbocycles. The lowest BCUT2D eigenvalue weighted by Gasteiger charge is -2.19. The normalized spacial score (nSPS) is 22.0. The maximum absolute atomic E-state index is 11.1. The van der Waals surface area contributed by atoms with Crippen LogP contribution in [0.2, 0.25) is 0 Å². The third-order valence-electron chi connectivity index (χ3n) is 2.62. The first kappa shape index (κ1) is 10.2. The van der Waals surface area contributed by atoms with Crippen molar-refractivity contribution >= 4 is 11.0 Å². The number of fused-ring (bicyclic) bond motifs is 2. The van der Waals surface area contributed by atoms with Crippen LogP contribution in [0.3, 0.4) is 0 Å². The number of ether oxygens (including phenoxy) is 2. The van der Waals surface area contributed by atoms with Gasteiger partial charge in [-0.2, -0.15) is 0 Å². The van der Waals surface area contributed by atoms with E-state index in [1.807, 2.05) is 0 Å². The molecule has 1 unspecified atom stereocenters. The molecule has 0 fully saturated rings. The van der Waals surface area contributed by atoms with E-state index < -0.39 is 11.4 Å². The Labute approximate surface area is 96.2 Å². The molecule has 88 valence electrons. The quantitative estimate of drug-likeness (QED) is 0.752. The van der Waals surface area contributed by atoms with E-state index in [1.165, 1.54) is 6.07 Å². The Morgan fingerprint density at radius 3 is 2.65 bits per heavy atom. The predicted molar refractivity (Wildman–Crippen MR) is 59.2 cm³/mol. The maximum atomic E-state index is 11.1. The number of aliphatic hydroxyl groups is 1. The van der Waals surface area contributed by atoms with Crippen LogP contribution in [-0.4, -0.2) is 17.5 Å². The number of rotatable bonds is 1. The third-order valence-corrected chi connectivity index (χ3v) is 2.62. The fourth-order valence-corrected chi connectivity index (χ4v) is 1.79. The van der Waals surface area contributed by atoms with Gasteiger partial charge in [0.25, 0.3) is 5.79 Å². The summed E-state index contributed by atoms with van der Waals surface area (Å²) in [4.78, 5) is 11.1. The molecule has 3 rings (SSSR count). The molecule has 0 amide bonds. The molecule has 5 heteroatoms. The summed E-state index contributed by atoms with van der Waals surface area (Å²) in [5, 5.41) is 9.90. The van der Waals surface area contributed by atoms with Gasteiger partial charge in [-0.3, -0.25) is 0 Å². The van der Waals surface area contributed by atoms with Crippen molar-refractivity contribution in [1.29, 1.82) is 0 Å². The number of benzene rings is 1. The molecule has 0 saturated heterocycles. The third kappa shape index (κ3) is 1.55. The van der Waals surface area contributed by atoms with Crippen molar-refractivity contribution in [3.05, 3.63) is 34.7 Å². The van der Waals surface area contributed by atoms with Crippen LogP contribution in [-0.2, 0) is 0 Å². The molecule has 1 atom stereocenters. The van der Waals surface area contributed by atoms with Gasteiger partial charge in [0.05, 0.1) is 0 Å². The predicted octanol–water partition coefficient (Wildman–Crippen LogP) is 1.27. The van der Waals surface area contributed by atoms with Crippen LogP contribution in [0.4, 0.5) is 0 Å². The van der Waals surface area contributed by atoms with Crippen molar-refractivity contribution in [2.75, 3.05) is 6.61 Å². The van der Waals surface area contributed by atoms with Crippen molar-refractivity contribution in [2.45, 2.75) is 12.7 Å². The summed E-state index contributed by atoms with van der Waals surface area (Å²) in [5.74, 6) is -0.0775. The Kier molecular flexibility index (Phi) is 1.94. The van der Waals surface area contributed by atoms with Crippen molar-refractivity contribution in [3.63, 3.8) is 0 Å². The Morgan fingerprint density at radius 1 is 1.24 bits per heavy atom. The van der Waals surface area contributed by atoms with Gasteiger partial charge in [-0.1, -0.05) is 0 Å². The average molecular weight is 234 g/mol. The van der Waals surface area contributed by atoms with E-state index >= 15 is 0 Å². The highest BCUT2D eigenvalue weighted by Crippen LogP contribution is 2.41. The standard InChI is InChI=1S/C12H10O5/c1-12(6-13)16-9-4-7-2-3-11(14)15-8(7)5-10(9)17-12/h2-5,13H,6H2,1H3. The van der Waals surface area contributed by atoms with Gasteiger partial charge in [0.15, 0.2) is 11.5 Å². The van der Waals surface area contributed by atoms with Gasteiger partial charge in [0.1, 0.15) is 12.2 Å².